The van der Waals surface area contributed by atoms with Gasteiger partial charge in [0, 0.05) is 63.3 Å². The van der Waals surface area contributed by atoms with E-state index in [1.807, 2.05) is 83.6 Å². The zero-order valence-electron chi connectivity index (χ0n) is 36.3. The topological polar surface area (TPSA) is 42.5 Å². The Morgan fingerprint density at radius 1 is 0.627 bits per heavy atom. The Morgan fingerprint density at radius 2 is 1.45 bits per heavy atom. The maximum atomic E-state index is 7.65. The average Bonchev–Trinajstić information content (AvgIpc) is 3.24. The van der Waals surface area contributed by atoms with Gasteiger partial charge in [-0.2, -0.15) is 0 Å². The van der Waals surface area contributed by atoms with E-state index in [1.54, 1.807) is 24.4 Å². The fourth-order valence-corrected chi connectivity index (χ4v) is 5.03. The molecule has 0 aliphatic heterocycles. The monoisotopic (exact) mass is 847 g/mol. The summed E-state index contributed by atoms with van der Waals surface area (Å²) >= 11 is 0. The first-order valence-corrected chi connectivity index (χ1v) is 15.7. The van der Waals surface area contributed by atoms with Crippen molar-refractivity contribution in [1.29, 1.82) is 0 Å². The molecule has 1 radical (unpaired) electrons. The summed E-state index contributed by atoms with van der Waals surface area (Å²) in [6.07, 6.45) is 4.78. The molecule has 0 bridgehead atoms. The molecule has 8 rings (SSSR count). The van der Waals surface area contributed by atoms with E-state index >= 15 is 0 Å². The van der Waals surface area contributed by atoms with Crippen molar-refractivity contribution in [1.82, 2.24) is 15.0 Å². The van der Waals surface area contributed by atoms with E-state index in [2.05, 4.69) is 76.6 Å². The van der Waals surface area contributed by atoms with Gasteiger partial charge >= 0.3 is 0 Å². The Bertz CT molecular complexity index is 2600. The molecule has 4 aromatic carbocycles. The smallest absolute Gasteiger partial charge is 0.115 e. The number of hydrogen-bond acceptors (Lipinski definition) is 3. The Balaban J connectivity index is 0.000000184. The van der Waals surface area contributed by atoms with Crippen molar-refractivity contribution >= 4 is 10.9 Å². The first-order valence-electron chi connectivity index (χ1n) is 20.2. The molecule has 0 aliphatic rings. The van der Waals surface area contributed by atoms with Crippen LogP contribution in [0.15, 0.2) is 158 Å². The van der Waals surface area contributed by atoms with Crippen molar-refractivity contribution in [3.8, 4) is 44.9 Å². The molecule has 51 heavy (non-hydrogen) atoms. The largest absolute Gasteiger partial charge is 0.321 e. The maximum Gasteiger partial charge on any atom is 0.115 e. The Labute approximate surface area is 327 Å². The molecule has 4 nitrogen and oxygen atoms in total. The van der Waals surface area contributed by atoms with Crippen molar-refractivity contribution in [2.24, 2.45) is 0 Å². The molecule has 5 heteroatoms. The van der Waals surface area contributed by atoms with Gasteiger partial charge in [-0.25, -0.2) is 0 Å². The van der Waals surface area contributed by atoms with Crippen LogP contribution in [0, 0.1) is 45.8 Å². The Hall–Kier alpha value is -5.74. The van der Waals surface area contributed by atoms with Gasteiger partial charge in [-0.3, -0.25) is 9.97 Å². The fraction of sp³-hybridized carbons (Fsp3) is 0.0652. The quantitative estimate of drug-likeness (QED) is 0.131. The number of nitrogens with zero attached hydrogens (tertiary/aromatic N) is 4. The fourth-order valence-electron chi connectivity index (χ4n) is 5.03. The van der Waals surface area contributed by atoms with Gasteiger partial charge in [0.2, 0.25) is 0 Å². The van der Waals surface area contributed by atoms with E-state index in [0.717, 1.165) is 28.7 Å². The van der Waals surface area contributed by atoms with E-state index in [-0.39, 0.29) is 42.6 Å². The van der Waals surface area contributed by atoms with Gasteiger partial charge < -0.3 is 9.55 Å². The van der Waals surface area contributed by atoms with Crippen molar-refractivity contribution in [3.63, 3.8) is 0 Å². The summed E-state index contributed by atoms with van der Waals surface area (Å²) < 4.78 is 69.7. The molecular weight excluding hydrogens is 801 g/mol. The van der Waals surface area contributed by atoms with Crippen LogP contribution in [-0.2, 0) is 20.1 Å². The van der Waals surface area contributed by atoms with Crippen molar-refractivity contribution < 1.29 is 37.0 Å². The van der Waals surface area contributed by atoms with Crippen LogP contribution in [-0.4, -0.2) is 15.0 Å². The number of hydrogen-bond donors (Lipinski definition) is 0. The van der Waals surface area contributed by atoms with E-state index in [4.69, 9.17) is 12.3 Å². The van der Waals surface area contributed by atoms with Gasteiger partial charge in [-0.05, 0) is 55.0 Å². The predicted molar refractivity (Wildman–Crippen MR) is 204 cm³/mol. The van der Waals surface area contributed by atoms with Gasteiger partial charge in [0.1, 0.15) is 5.69 Å². The van der Waals surface area contributed by atoms with Crippen LogP contribution in [0.25, 0.3) is 55.8 Å². The third-order valence-electron chi connectivity index (χ3n) is 7.56. The van der Waals surface area contributed by atoms with Crippen molar-refractivity contribution in [3.05, 3.63) is 200 Å². The molecule has 4 heterocycles. The first kappa shape index (κ1) is 26.1. The summed E-state index contributed by atoms with van der Waals surface area (Å²) in [5, 5.41) is 0.530. The minimum atomic E-state index is -2.62. The van der Waals surface area contributed by atoms with E-state index < -0.39 is 20.6 Å². The van der Waals surface area contributed by atoms with Crippen LogP contribution in [0.4, 0.5) is 0 Å². The normalized spacial score (nSPS) is 13.5. The molecule has 253 valence electrons. The second-order valence-electron chi connectivity index (χ2n) is 11.0. The van der Waals surface area contributed by atoms with Gasteiger partial charge in [0.05, 0.1) is 6.20 Å². The Kier molecular flexibility index (Phi) is 9.10. The van der Waals surface area contributed by atoms with Crippen molar-refractivity contribution in [2.75, 3.05) is 0 Å². The summed E-state index contributed by atoms with van der Waals surface area (Å²) in [5.41, 5.74) is 7.00. The van der Waals surface area contributed by atoms with E-state index in [9.17, 15) is 0 Å². The summed E-state index contributed by atoms with van der Waals surface area (Å²) in [7, 11) is 4.00. The Morgan fingerprint density at radius 3 is 2.22 bits per heavy atom. The van der Waals surface area contributed by atoms with E-state index in [1.165, 1.54) is 23.3 Å². The molecule has 0 amide bonds. The number of fused-ring (bicyclic) bond motifs is 1. The summed E-state index contributed by atoms with van der Waals surface area (Å²) in [6.45, 7) is -7.54. The molecule has 0 spiro atoms. The number of aryl methyl sites for hydroxylation is 3. The molecule has 0 saturated carbocycles. The zero-order valence-corrected chi connectivity index (χ0v) is 29.7. The minimum absolute atomic E-state index is 0. The standard InChI is InChI=1S/C18H14N.C17H15N2.C11H8N.Ir/c1-19-13-6-5-12-18(19)17-11-7-10-16(14-17)15-8-3-2-4-9-15;1-11-8-17(18-10-12(11)2)15-6-7-16-14(9-15)5-4-13(3)19-16;1-2-6-10(7-3-1)11-8-4-5-9-12-11;/h2-10,12-14H,1H2;4-8,10H,1-3H3;1-6,8-9H;/q3*-1;/i;1D3,2D3,3D3;;. The van der Waals surface area contributed by atoms with Crippen LogP contribution < -0.4 is 4.57 Å². The molecule has 4 aromatic heterocycles. The van der Waals surface area contributed by atoms with Crippen LogP contribution >= 0.6 is 0 Å². The molecule has 0 aliphatic carbocycles. The molecule has 0 atom stereocenters. The predicted octanol–water partition coefficient (Wildman–Crippen LogP) is 10.3. The third-order valence-corrected chi connectivity index (χ3v) is 7.56. The van der Waals surface area contributed by atoms with Gasteiger partial charge in [0.25, 0.3) is 0 Å². The third kappa shape index (κ3) is 9.70. The van der Waals surface area contributed by atoms with E-state index in [0.29, 0.717) is 16.5 Å². The molecule has 0 fully saturated rings. The van der Waals surface area contributed by atoms with Crippen molar-refractivity contribution in [2.45, 2.75) is 20.6 Å². The molecule has 0 unspecified atom stereocenters. The summed E-state index contributed by atoms with van der Waals surface area (Å²) in [6, 6.07) is 53.0. The van der Waals surface area contributed by atoms with Crippen LogP contribution in [0.2, 0.25) is 0 Å². The molecule has 8 aromatic rings. The van der Waals surface area contributed by atoms with Crippen LogP contribution in [0.1, 0.15) is 29.2 Å². The van der Waals surface area contributed by atoms with Crippen LogP contribution in [0.5, 0.6) is 0 Å². The minimum Gasteiger partial charge on any atom is -0.321 e. The summed E-state index contributed by atoms with van der Waals surface area (Å²) in [5.74, 6) is 0. The van der Waals surface area contributed by atoms with Crippen LogP contribution in [0.3, 0.4) is 0 Å². The average molecular weight is 847 g/mol. The zero-order chi connectivity index (χ0) is 42.2. The number of aromatic nitrogens is 4. The SMILES string of the molecule is [2H]C([2H])([2H])c1ccc2[c-]c(-c3cc(C([2H])([2H])[2H])c(C([2H])([2H])[2H])cn3)ccc2n1.[CH2-][n+]1ccccc1-c1[c-]ccc(-c2ccccc2)c1.[Ir].[c-]1ccccc1-c1ccccn1. The number of rotatable bonds is 4. The van der Waals surface area contributed by atoms with Gasteiger partial charge in [0.15, 0.2) is 0 Å². The maximum absolute atomic E-state index is 7.65. The second-order valence-corrected chi connectivity index (χ2v) is 11.0. The number of pyridine rings is 4. The number of benzene rings is 4. The molecule has 0 saturated heterocycles. The molecular formula is C46H37IrN4-3. The van der Waals surface area contributed by atoms with Gasteiger partial charge in [-0.1, -0.05) is 88.8 Å². The first-order chi connectivity index (χ1) is 28.1. The molecule has 0 N–H and O–H groups in total. The summed E-state index contributed by atoms with van der Waals surface area (Å²) in [4.78, 5) is 12.4. The second kappa shape index (κ2) is 17.8. The van der Waals surface area contributed by atoms with Gasteiger partial charge in [-0.15, -0.1) is 90.0 Å².